The van der Waals surface area contributed by atoms with Gasteiger partial charge in [-0.2, -0.15) is 0 Å². The fourth-order valence-corrected chi connectivity index (χ4v) is 2.95. The van der Waals surface area contributed by atoms with Crippen LogP contribution in [0.5, 0.6) is 0 Å². The Kier molecular flexibility index (Phi) is 7.14. The summed E-state index contributed by atoms with van der Waals surface area (Å²) in [6, 6.07) is 0. The molecule has 0 aliphatic carbocycles. The van der Waals surface area contributed by atoms with Crippen LogP contribution in [-0.2, 0) is 14.8 Å². The summed E-state index contributed by atoms with van der Waals surface area (Å²) in [5, 5.41) is 3.09. The van der Waals surface area contributed by atoms with Crippen molar-refractivity contribution >= 4 is 10.0 Å². The Hall–Kier alpha value is -0.170. The second-order valence-electron chi connectivity index (χ2n) is 4.44. The van der Waals surface area contributed by atoms with E-state index in [1.165, 1.54) is 0 Å². The van der Waals surface area contributed by atoms with Gasteiger partial charge in [0.05, 0.1) is 17.9 Å². The van der Waals surface area contributed by atoms with Crippen molar-refractivity contribution in [3.8, 4) is 0 Å². The molecule has 98 valence electrons. The highest BCUT2D eigenvalue weighted by Crippen LogP contribution is 2.05. The summed E-state index contributed by atoms with van der Waals surface area (Å²) < 4.78 is 31.0. The number of nitrogens with one attached hydrogen (secondary N) is 2. The van der Waals surface area contributed by atoms with Crippen molar-refractivity contribution in [2.75, 3.05) is 32.6 Å². The van der Waals surface area contributed by atoms with E-state index in [9.17, 15) is 8.42 Å². The SMILES string of the molecule is CCNCCCS(=O)(=O)NC(C)(C)COC. The van der Waals surface area contributed by atoms with Crippen molar-refractivity contribution in [1.82, 2.24) is 10.0 Å². The molecule has 0 fully saturated rings. The van der Waals surface area contributed by atoms with Crippen molar-refractivity contribution in [3.63, 3.8) is 0 Å². The van der Waals surface area contributed by atoms with Crippen LogP contribution in [0, 0.1) is 0 Å². The average molecular weight is 252 g/mol. The predicted molar refractivity (Wildman–Crippen MR) is 66.0 cm³/mol. The summed E-state index contributed by atoms with van der Waals surface area (Å²) in [5.74, 6) is 0.146. The van der Waals surface area contributed by atoms with Crippen LogP contribution in [0.2, 0.25) is 0 Å². The Morgan fingerprint density at radius 2 is 1.94 bits per heavy atom. The third kappa shape index (κ3) is 8.04. The van der Waals surface area contributed by atoms with Crippen LogP contribution < -0.4 is 10.0 Å². The van der Waals surface area contributed by atoms with Gasteiger partial charge in [0, 0.05) is 7.11 Å². The molecule has 6 heteroatoms. The topological polar surface area (TPSA) is 67.4 Å². The van der Waals surface area contributed by atoms with E-state index in [1.54, 1.807) is 21.0 Å². The van der Waals surface area contributed by atoms with Crippen molar-refractivity contribution < 1.29 is 13.2 Å². The van der Waals surface area contributed by atoms with Gasteiger partial charge in [0.1, 0.15) is 0 Å². The van der Waals surface area contributed by atoms with Gasteiger partial charge in [0.2, 0.25) is 10.0 Å². The van der Waals surface area contributed by atoms with Crippen molar-refractivity contribution in [1.29, 1.82) is 0 Å². The van der Waals surface area contributed by atoms with Crippen LogP contribution in [0.1, 0.15) is 27.2 Å². The predicted octanol–water partition coefficient (Wildman–Crippen LogP) is 0.330. The third-order valence-corrected chi connectivity index (χ3v) is 3.64. The fraction of sp³-hybridized carbons (Fsp3) is 1.00. The summed E-state index contributed by atoms with van der Waals surface area (Å²) >= 11 is 0. The Bertz CT molecular complexity index is 276. The van der Waals surface area contributed by atoms with Crippen LogP contribution in [0.15, 0.2) is 0 Å². The Labute approximate surface area is 99.0 Å². The minimum atomic E-state index is -3.21. The molecule has 0 aromatic carbocycles. The van der Waals surface area contributed by atoms with Crippen LogP contribution >= 0.6 is 0 Å². The minimum absolute atomic E-state index is 0.146. The van der Waals surface area contributed by atoms with Gasteiger partial charge in [0.25, 0.3) is 0 Å². The summed E-state index contributed by atoms with van der Waals surface area (Å²) in [4.78, 5) is 0. The minimum Gasteiger partial charge on any atom is -0.383 e. The van der Waals surface area contributed by atoms with Gasteiger partial charge in [-0.05, 0) is 33.4 Å². The number of hydrogen-bond donors (Lipinski definition) is 2. The molecule has 0 bridgehead atoms. The summed E-state index contributed by atoms with van der Waals surface area (Å²) in [6.45, 7) is 7.55. The second-order valence-corrected chi connectivity index (χ2v) is 6.29. The normalized spacial score (nSPS) is 13.0. The van der Waals surface area contributed by atoms with E-state index in [0.29, 0.717) is 13.0 Å². The van der Waals surface area contributed by atoms with Crippen LogP contribution in [0.3, 0.4) is 0 Å². The Morgan fingerprint density at radius 1 is 1.31 bits per heavy atom. The van der Waals surface area contributed by atoms with E-state index in [4.69, 9.17) is 4.74 Å². The molecule has 0 radical (unpaired) electrons. The molecule has 0 saturated carbocycles. The first-order chi connectivity index (χ1) is 7.33. The van der Waals surface area contributed by atoms with Crippen molar-refractivity contribution in [3.05, 3.63) is 0 Å². The zero-order chi connectivity index (χ0) is 12.7. The van der Waals surface area contributed by atoms with Crippen molar-refractivity contribution in [2.45, 2.75) is 32.7 Å². The molecule has 5 nitrogen and oxygen atoms in total. The lowest BCUT2D eigenvalue weighted by Gasteiger charge is -2.24. The molecule has 0 saturated heterocycles. The number of methoxy groups -OCH3 is 1. The van der Waals surface area contributed by atoms with Crippen LogP contribution in [0.25, 0.3) is 0 Å². The van der Waals surface area contributed by atoms with Gasteiger partial charge < -0.3 is 10.1 Å². The quantitative estimate of drug-likeness (QED) is 0.580. The fourth-order valence-electron chi connectivity index (χ4n) is 1.43. The first-order valence-corrected chi connectivity index (χ1v) is 7.19. The molecular weight excluding hydrogens is 228 g/mol. The summed E-state index contributed by atoms with van der Waals surface area (Å²) in [6.07, 6.45) is 0.617. The number of sulfonamides is 1. The van der Waals surface area contributed by atoms with Gasteiger partial charge >= 0.3 is 0 Å². The number of rotatable bonds is 9. The highest BCUT2D eigenvalue weighted by molar-refractivity contribution is 7.89. The van der Waals surface area contributed by atoms with Gasteiger partial charge in [-0.3, -0.25) is 0 Å². The second kappa shape index (κ2) is 7.21. The number of ether oxygens (including phenoxy) is 1. The van der Waals surface area contributed by atoms with Crippen molar-refractivity contribution in [2.24, 2.45) is 0 Å². The molecule has 0 aliphatic heterocycles. The molecule has 0 aromatic heterocycles. The van der Waals surface area contributed by atoms with Crippen LogP contribution in [-0.4, -0.2) is 46.5 Å². The zero-order valence-corrected chi connectivity index (χ0v) is 11.5. The van der Waals surface area contributed by atoms with E-state index in [2.05, 4.69) is 10.0 Å². The summed E-state index contributed by atoms with van der Waals surface area (Å²) in [7, 11) is -1.66. The highest BCUT2D eigenvalue weighted by atomic mass is 32.2. The Morgan fingerprint density at radius 3 is 2.44 bits per heavy atom. The molecule has 0 amide bonds. The molecule has 0 rings (SSSR count). The molecule has 0 aromatic rings. The largest absolute Gasteiger partial charge is 0.383 e. The van der Waals surface area contributed by atoms with Crippen LogP contribution in [0.4, 0.5) is 0 Å². The number of hydrogen-bond acceptors (Lipinski definition) is 4. The maximum Gasteiger partial charge on any atom is 0.212 e. The lowest BCUT2D eigenvalue weighted by Crippen LogP contribution is -2.47. The summed E-state index contributed by atoms with van der Waals surface area (Å²) in [5.41, 5.74) is -0.550. The molecular formula is C10H24N2O3S. The highest BCUT2D eigenvalue weighted by Gasteiger charge is 2.24. The monoisotopic (exact) mass is 252 g/mol. The molecule has 0 aliphatic rings. The molecule has 0 heterocycles. The molecule has 16 heavy (non-hydrogen) atoms. The van der Waals surface area contributed by atoms with E-state index in [-0.39, 0.29) is 5.75 Å². The Balaban J connectivity index is 4.04. The van der Waals surface area contributed by atoms with Gasteiger partial charge in [-0.25, -0.2) is 13.1 Å². The zero-order valence-electron chi connectivity index (χ0n) is 10.7. The lowest BCUT2D eigenvalue weighted by molar-refractivity contribution is 0.141. The van der Waals surface area contributed by atoms with E-state index < -0.39 is 15.6 Å². The van der Waals surface area contributed by atoms with Gasteiger partial charge in [-0.1, -0.05) is 6.92 Å². The van der Waals surface area contributed by atoms with Gasteiger partial charge in [-0.15, -0.1) is 0 Å². The maximum absolute atomic E-state index is 11.7. The standard InChI is InChI=1S/C10H24N2O3S/c1-5-11-7-6-8-16(13,14)12-10(2,3)9-15-4/h11-12H,5-9H2,1-4H3. The molecule has 0 unspecified atom stereocenters. The first-order valence-electron chi connectivity index (χ1n) is 5.54. The molecule has 0 atom stereocenters. The van der Waals surface area contributed by atoms with E-state index in [0.717, 1.165) is 13.1 Å². The average Bonchev–Trinajstić information content (AvgIpc) is 2.10. The first kappa shape index (κ1) is 15.8. The van der Waals surface area contributed by atoms with E-state index >= 15 is 0 Å². The third-order valence-electron chi connectivity index (χ3n) is 1.95. The lowest BCUT2D eigenvalue weighted by atomic mass is 10.1. The molecule has 0 spiro atoms. The molecule has 2 N–H and O–H groups in total. The maximum atomic E-state index is 11.7. The smallest absolute Gasteiger partial charge is 0.212 e. The van der Waals surface area contributed by atoms with E-state index in [1.807, 2.05) is 6.92 Å². The van der Waals surface area contributed by atoms with Gasteiger partial charge in [0.15, 0.2) is 0 Å².